The second kappa shape index (κ2) is 10.2. The van der Waals surface area contributed by atoms with Crippen molar-refractivity contribution in [3.05, 3.63) is 65.7 Å². The molecule has 0 saturated carbocycles. The van der Waals surface area contributed by atoms with Crippen LogP contribution in [0.2, 0.25) is 0 Å². The van der Waals surface area contributed by atoms with Gasteiger partial charge in [0, 0.05) is 24.9 Å². The summed E-state index contributed by atoms with van der Waals surface area (Å²) in [6.07, 6.45) is 2.28. The number of anilines is 1. The summed E-state index contributed by atoms with van der Waals surface area (Å²) in [5, 5.41) is 9.21. The number of methoxy groups -OCH3 is 1. The van der Waals surface area contributed by atoms with Gasteiger partial charge in [-0.2, -0.15) is 0 Å². The van der Waals surface area contributed by atoms with E-state index in [1.54, 1.807) is 31.4 Å². The first kappa shape index (κ1) is 21.0. The number of ether oxygens (including phenoxy) is 1. The lowest BCUT2D eigenvalue weighted by atomic mass is 9.78. The van der Waals surface area contributed by atoms with Crippen LogP contribution in [0.1, 0.15) is 28.8 Å². The smallest absolute Gasteiger partial charge is 0.251 e. The number of carbonyl (C=O) groups is 2. The molecule has 2 amide bonds. The molecule has 1 fully saturated rings. The van der Waals surface area contributed by atoms with E-state index in [9.17, 15) is 9.59 Å². The van der Waals surface area contributed by atoms with Crippen LogP contribution >= 0.6 is 0 Å². The highest BCUT2D eigenvalue weighted by atomic mass is 16.5. The molecule has 1 saturated heterocycles. The van der Waals surface area contributed by atoms with E-state index in [1.807, 2.05) is 30.3 Å². The van der Waals surface area contributed by atoms with Crippen molar-refractivity contribution in [1.82, 2.24) is 10.6 Å². The SMILES string of the molecule is COCC1(C(=O)Nc2ccc(C(=O)NCCc3ccccc3)cc2)CCNCC1. The molecule has 6 nitrogen and oxygen atoms in total. The summed E-state index contributed by atoms with van der Waals surface area (Å²) in [6, 6.07) is 17.1. The molecule has 3 rings (SSSR count). The van der Waals surface area contributed by atoms with E-state index in [2.05, 4.69) is 16.0 Å². The molecule has 1 aliphatic heterocycles. The minimum absolute atomic E-state index is 0.0269. The molecule has 0 bridgehead atoms. The molecule has 3 N–H and O–H groups in total. The van der Waals surface area contributed by atoms with E-state index < -0.39 is 5.41 Å². The fraction of sp³-hybridized carbons (Fsp3) is 0.391. The average molecular weight is 396 g/mol. The van der Waals surface area contributed by atoms with Crippen molar-refractivity contribution in [2.24, 2.45) is 5.41 Å². The molecule has 1 aliphatic rings. The zero-order valence-electron chi connectivity index (χ0n) is 16.9. The zero-order chi connectivity index (χ0) is 20.5. The predicted molar refractivity (Wildman–Crippen MR) is 114 cm³/mol. The Morgan fingerprint density at radius 1 is 1.03 bits per heavy atom. The van der Waals surface area contributed by atoms with Crippen LogP contribution in [0.15, 0.2) is 54.6 Å². The van der Waals surface area contributed by atoms with Crippen LogP contribution in [0, 0.1) is 5.41 Å². The number of amides is 2. The van der Waals surface area contributed by atoms with Crippen LogP contribution in [-0.2, 0) is 16.0 Å². The van der Waals surface area contributed by atoms with Crippen molar-refractivity contribution >= 4 is 17.5 Å². The summed E-state index contributed by atoms with van der Waals surface area (Å²) < 4.78 is 5.32. The van der Waals surface area contributed by atoms with Crippen LogP contribution in [-0.4, -0.2) is 45.2 Å². The van der Waals surface area contributed by atoms with Gasteiger partial charge in [-0.1, -0.05) is 30.3 Å². The number of benzene rings is 2. The summed E-state index contributed by atoms with van der Waals surface area (Å²) in [6.45, 7) is 2.59. The maximum atomic E-state index is 12.9. The molecule has 0 radical (unpaired) electrons. The first-order valence-corrected chi connectivity index (χ1v) is 10.1. The van der Waals surface area contributed by atoms with Gasteiger partial charge in [-0.05, 0) is 62.2 Å². The number of piperidine rings is 1. The topological polar surface area (TPSA) is 79.5 Å². The van der Waals surface area contributed by atoms with Gasteiger partial charge in [0.25, 0.3) is 5.91 Å². The van der Waals surface area contributed by atoms with Gasteiger partial charge in [-0.3, -0.25) is 9.59 Å². The average Bonchev–Trinajstić information content (AvgIpc) is 2.76. The minimum Gasteiger partial charge on any atom is -0.384 e. The Bertz CT molecular complexity index is 794. The second-order valence-corrected chi connectivity index (χ2v) is 7.49. The predicted octanol–water partition coefficient (Wildman–Crippen LogP) is 2.61. The lowest BCUT2D eigenvalue weighted by Gasteiger charge is -2.35. The molecule has 0 unspecified atom stereocenters. The van der Waals surface area contributed by atoms with Crippen LogP contribution in [0.25, 0.3) is 0 Å². The van der Waals surface area contributed by atoms with Crippen molar-refractivity contribution in [2.75, 3.05) is 38.7 Å². The molecule has 2 aromatic carbocycles. The fourth-order valence-corrected chi connectivity index (χ4v) is 3.65. The Kier molecular flexibility index (Phi) is 7.38. The first-order chi connectivity index (χ1) is 14.1. The van der Waals surface area contributed by atoms with Gasteiger partial charge in [0.1, 0.15) is 0 Å². The zero-order valence-corrected chi connectivity index (χ0v) is 16.9. The van der Waals surface area contributed by atoms with Crippen molar-refractivity contribution in [3.63, 3.8) is 0 Å². The molecule has 29 heavy (non-hydrogen) atoms. The van der Waals surface area contributed by atoms with E-state index in [-0.39, 0.29) is 11.8 Å². The molecular weight excluding hydrogens is 366 g/mol. The van der Waals surface area contributed by atoms with Gasteiger partial charge in [0.2, 0.25) is 5.91 Å². The molecule has 2 aromatic rings. The summed E-state index contributed by atoms with van der Waals surface area (Å²) in [5.41, 5.74) is 1.94. The molecule has 0 spiro atoms. The Labute approximate surface area is 172 Å². The highest BCUT2D eigenvalue weighted by Crippen LogP contribution is 2.31. The van der Waals surface area contributed by atoms with Crippen molar-refractivity contribution in [2.45, 2.75) is 19.3 Å². The summed E-state index contributed by atoms with van der Waals surface area (Å²) in [7, 11) is 1.63. The van der Waals surface area contributed by atoms with E-state index in [1.165, 1.54) is 5.56 Å². The van der Waals surface area contributed by atoms with E-state index in [0.29, 0.717) is 24.4 Å². The third-order valence-corrected chi connectivity index (χ3v) is 5.41. The number of hydrogen-bond acceptors (Lipinski definition) is 4. The van der Waals surface area contributed by atoms with Crippen molar-refractivity contribution < 1.29 is 14.3 Å². The van der Waals surface area contributed by atoms with Gasteiger partial charge >= 0.3 is 0 Å². The fourth-order valence-electron chi connectivity index (χ4n) is 3.65. The van der Waals surface area contributed by atoms with E-state index >= 15 is 0 Å². The molecule has 6 heteroatoms. The first-order valence-electron chi connectivity index (χ1n) is 10.1. The molecule has 154 valence electrons. The van der Waals surface area contributed by atoms with Crippen LogP contribution in [0.5, 0.6) is 0 Å². The number of rotatable bonds is 8. The van der Waals surface area contributed by atoms with Crippen molar-refractivity contribution in [1.29, 1.82) is 0 Å². The Morgan fingerprint density at radius 3 is 2.38 bits per heavy atom. The summed E-state index contributed by atoms with van der Waals surface area (Å²) in [4.78, 5) is 25.2. The maximum Gasteiger partial charge on any atom is 0.251 e. The van der Waals surface area contributed by atoms with Crippen LogP contribution in [0.3, 0.4) is 0 Å². The Morgan fingerprint density at radius 2 is 1.72 bits per heavy atom. The lowest BCUT2D eigenvalue weighted by molar-refractivity contribution is -0.130. The van der Waals surface area contributed by atoms with Gasteiger partial charge < -0.3 is 20.7 Å². The maximum absolute atomic E-state index is 12.9. The summed E-state index contributed by atoms with van der Waals surface area (Å²) in [5.74, 6) is -0.145. The van der Waals surface area contributed by atoms with Crippen molar-refractivity contribution in [3.8, 4) is 0 Å². The highest BCUT2D eigenvalue weighted by molar-refractivity contribution is 5.97. The van der Waals surface area contributed by atoms with Gasteiger partial charge in [0.05, 0.1) is 12.0 Å². The molecular formula is C23H29N3O3. The second-order valence-electron chi connectivity index (χ2n) is 7.49. The van der Waals surface area contributed by atoms with Crippen LogP contribution < -0.4 is 16.0 Å². The quantitative estimate of drug-likeness (QED) is 0.642. The third-order valence-electron chi connectivity index (χ3n) is 5.41. The highest BCUT2D eigenvalue weighted by Gasteiger charge is 2.39. The summed E-state index contributed by atoms with van der Waals surface area (Å²) >= 11 is 0. The van der Waals surface area contributed by atoms with Gasteiger partial charge in [0.15, 0.2) is 0 Å². The standard InChI is InChI=1S/C23H29N3O3/c1-29-17-23(12-15-24-16-13-23)22(28)26-20-9-7-19(8-10-20)21(27)25-14-11-18-5-3-2-4-6-18/h2-10,24H,11-17H2,1H3,(H,25,27)(H,26,28). The molecule has 0 aliphatic carbocycles. The number of hydrogen-bond donors (Lipinski definition) is 3. The Hall–Kier alpha value is -2.70. The monoisotopic (exact) mass is 395 g/mol. The van der Waals surface area contributed by atoms with Crippen LogP contribution in [0.4, 0.5) is 5.69 Å². The van der Waals surface area contributed by atoms with E-state index in [4.69, 9.17) is 4.74 Å². The molecule has 1 heterocycles. The third kappa shape index (κ3) is 5.65. The largest absolute Gasteiger partial charge is 0.384 e. The van der Waals surface area contributed by atoms with E-state index in [0.717, 1.165) is 32.4 Å². The number of nitrogens with one attached hydrogen (secondary N) is 3. The Balaban J connectivity index is 1.53. The minimum atomic E-state index is -0.506. The van der Waals surface area contributed by atoms with Gasteiger partial charge in [-0.25, -0.2) is 0 Å². The molecule has 0 aromatic heterocycles. The normalized spacial score (nSPS) is 15.5. The number of carbonyl (C=O) groups excluding carboxylic acids is 2. The lowest BCUT2D eigenvalue weighted by Crippen LogP contribution is -2.47. The van der Waals surface area contributed by atoms with Gasteiger partial charge in [-0.15, -0.1) is 0 Å². The molecule has 0 atom stereocenters.